The minimum Gasteiger partial charge on any atom is -0.369 e. The number of hydrogen-bond donors (Lipinski definition) is 1. The molecule has 0 aliphatic carbocycles. The highest BCUT2D eigenvalue weighted by atomic mass is 32.2. The van der Waals surface area contributed by atoms with Gasteiger partial charge in [0.1, 0.15) is 0 Å². The number of primary amides is 1. The van der Waals surface area contributed by atoms with Crippen LogP contribution in [-0.2, 0) is 4.79 Å². The molecule has 1 rings (SSSR count). The standard InChI is InChI=1S/C8H16N2OS/c1-2-7-5-10(3-4-12-7)6-8(9)11/h7H,2-6H2,1H3,(H2,9,11). The Morgan fingerprint density at radius 2 is 2.50 bits per heavy atom. The second kappa shape index (κ2) is 4.72. The summed E-state index contributed by atoms with van der Waals surface area (Å²) in [5, 5.41) is 0.693. The molecule has 1 saturated heterocycles. The summed E-state index contributed by atoms with van der Waals surface area (Å²) in [6.07, 6.45) is 1.18. The van der Waals surface area contributed by atoms with Gasteiger partial charge in [0.2, 0.25) is 5.91 Å². The lowest BCUT2D eigenvalue weighted by Crippen LogP contribution is -2.42. The van der Waals surface area contributed by atoms with E-state index < -0.39 is 0 Å². The first kappa shape index (κ1) is 9.86. The van der Waals surface area contributed by atoms with Crippen LogP contribution in [0.15, 0.2) is 0 Å². The predicted molar refractivity (Wildman–Crippen MR) is 52.2 cm³/mol. The van der Waals surface area contributed by atoms with Gasteiger partial charge >= 0.3 is 0 Å². The molecule has 1 fully saturated rings. The van der Waals surface area contributed by atoms with Gasteiger partial charge in [-0.05, 0) is 6.42 Å². The fourth-order valence-corrected chi connectivity index (χ4v) is 2.64. The van der Waals surface area contributed by atoms with Gasteiger partial charge in [-0.2, -0.15) is 11.8 Å². The van der Waals surface area contributed by atoms with E-state index in [1.54, 1.807) is 0 Å². The van der Waals surface area contributed by atoms with Crippen molar-refractivity contribution in [3.63, 3.8) is 0 Å². The van der Waals surface area contributed by atoms with Crippen LogP contribution in [0.25, 0.3) is 0 Å². The van der Waals surface area contributed by atoms with Gasteiger partial charge in [-0.3, -0.25) is 9.69 Å². The van der Waals surface area contributed by atoms with Crippen LogP contribution in [0.3, 0.4) is 0 Å². The maximum atomic E-state index is 10.6. The first-order valence-corrected chi connectivity index (χ1v) is 5.39. The Balaban J connectivity index is 2.30. The van der Waals surface area contributed by atoms with Crippen LogP contribution in [0.4, 0.5) is 0 Å². The molecular weight excluding hydrogens is 172 g/mol. The number of hydrogen-bond acceptors (Lipinski definition) is 3. The van der Waals surface area contributed by atoms with Crippen molar-refractivity contribution in [1.82, 2.24) is 4.90 Å². The first-order valence-electron chi connectivity index (χ1n) is 4.34. The maximum absolute atomic E-state index is 10.6. The third kappa shape index (κ3) is 3.03. The number of amides is 1. The summed E-state index contributed by atoms with van der Waals surface area (Å²) >= 11 is 2.00. The number of nitrogens with zero attached hydrogens (tertiary/aromatic N) is 1. The van der Waals surface area contributed by atoms with Crippen molar-refractivity contribution in [3.05, 3.63) is 0 Å². The Hall–Kier alpha value is -0.220. The fraction of sp³-hybridized carbons (Fsp3) is 0.875. The Labute approximate surface area is 77.7 Å². The molecule has 3 nitrogen and oxygen atoms in total. The van der Waals surface area contributed by atoms with Crippen LogP contribution in [0.1, 0.15) is 13.3 Å². The van der Waals surface area contributed by atoms with Crippen LogP contribution in [0, 0.1) is 0 Å². The molecule has 0 radical (unpaired) electrons. The molecular formula is C8H16N2OS. The van der Waals surface area contributed by atoms with Gasteiger partial charge in [0.15, 0.2) is 0 Å². The van der Waals surface area contributed by atoms with E-state index in [0.29, 0.717) is 11.8 Å². The topological polar surface area (TPSA) is 46.3 Å². The van der Waals surface area contributed by atoms with E-state index in [1.165, 1.54) is 6.42 Å². The quantitative estimate of drug-likeness (QED) is 0.693. The molecule has 1 unspecified atom stereocenters. The molecule has 0 aromatic heterocycles. The van der Waals surface area contributed by atoms with Gasteiger partial charge in [-0.1, -0.05) is 6.92 Å². The second-order valence-electron chi connectivity index (χ2n) is 3.10. The molecule has 1 amide bonds. The summed E-state index contributed by atoms with van der Waals surface area (Å²) in [7, 11) is 0. The summed E-state index contributed by atoms with van der Waals surface area (Å²) in [6.45, 7) is 4.64. The molecule has 12 heavy (non-hydrogen) atoms. The highest BCUT2D eigenvalue weighted by Crippen LogP contribution is 2.20. The Morgan fingerprint density at radius 1 is 1.75 bits per heavy atom. The highest BCUT2D eigenvalue weighted by molar-refractivity contribution is 8.00. The van der Waals surface area contributed by atoms with E-state index >= 15 is 0 Å². The van der Waals surface area contributed by atoms with Crippen molar-refractivity contribution in [1.29, 1.82) is 0 Å². The molecule has 1 heterocycles. The first-order chi connectivity index (χ1) is 5.72. The molecule has 0 aromatic carbocycles. The van der Waals surface area contributed by atoms with Crippen LogP contribution >= 0.6 is 11.8 Å². The van der Waals surface area contributed by atoms with E-state index in [-0.39, 0.29) is 5.91 Å². The van der Waals surface area contributed by atoms with Crippen LogP contribution in [0.2, 0.25) is 0 Å². The lowest BCUT2D eigenvalue weighted by Gasteiger charge is -2.30. The van der Waals surface area contributed by atoms with Gasteiger partial charge in [0, 0.05) is 24.1 Å². The molecule has 0 bridgehead atoms. The van der Waals surface area contributed by atoms with Crippen molar-refractivity contribution in [2.45, 2.75) is 18.6 Å². The van der Waals surface area contributed by atoms with Gasteiger partial charge in [0.05, 0.1) is 6.54 Å². The predicted octanol–water partition coefficient (Wildman–Crippen LogP) is 0.299. The van der Waals surface area contributed by atoms with Crippen molar-refractivity contribution in [2.75, 3.05) is 25.4 Å². The minimum absolute atomic E-state index is 0.211. The molecule has 1 aliphatic heterocycles. The van der Waals surface area contributed by atoms with Gasteiger partial charge in [-0.15, -0.1) is 0 Å². The number of rotatable bonds is 3. The average molecular weight is 188 g/mol. The molecule has 0 aromatic rings. The molecule has 0 spiro atoms. The zero-order chi connectivity index (χ0) is 8.97. The number of nitrogens with two attached hydrogens (primary N) is 1. The van der Waals surface area contributed by atoms with Crippen molar-refractivity contribution >= 4 is 17.7 Å². The van der Waals surface area contributed by atoms with Crippen LogP contribution in [0.5, 0.6) is 0 Å². The van der Waals surface area contributed by atoms with Crippen molar-refractivity contribution in [2.24, 2.45) is 5.73 Å². The molecule has 4 heteroatoms. The van der Waals surface area contributed by atoms with Gasteiger partial charge in [-0.25, -0.2) is 0 Å². The smallest absolute Gasteiger partial charge is 0.231 e. The van der Waals surface area contributed by atoms with Crippen LogP contribution in [-0.4, -0.2) is 41.4 Å². The lowest BCUT2D eigenvalue weighted by atomic mass is 10.3. The molecule has 2 N–H and O–H groups in total. The van der Waals surface area contributed by atoms with Crippen LogP contribution < -0.4 is 5.73 Å². The molecule has 1 atom stereocenters. The highest BCUT2D eigenvalue weighted by Gasteiger charge is 2.19. The third-order valence-electron chi connectivity index (χ3n) is 2.06. The summed E-state index contributed by atoms with van der Waals surface area (Å²) in [6, 6.07) is 0. The van der Waals surface area contributed by atoms with Gasteiger partial charge in [0.25, 0.3) is 0 Å². The van der Waals surface area contributed by atoms with Gasteiger partial charge < -0.3 is 5.73 Å². The summed E-state index contributed by atoms with van der Waals surface area (Å²) in [5.74, 6) is 0.919. The van der Waals surface area contributed by atoms with E-state index in [9.17, 15) is 4.79 Å². The normalized spacial score (nSPS) is 25.6. The minimum atomic E-state index is -0.211. The third-order valence-corrected chi connectivity index (χ3v) is 3.43. The van der Waals surface area contributed by atoms with E-state index in [1.807, 2.05) is 11.8 Å². The Morgan fingerprint density at radius 3 is 3.08 bits per heavy atom. The monoisotopic (exact) mass is 188 g/mol. The molecule has 0 saturated carbocycles. The Bertz CT molecular complexity index is 163. The number of thioether (sulfide) groups is 1. The van der Waals surface area contributed by atoms with E-state index in [4.69, 9.17) is 5.73 Å². The largest absolute Gasteiger partial charge is 0.369 e. The zero-order valence-corrected chi connectivity index (χ0v) is 8.27. The van der Waals surface area contributed by atoms with E-state index in [2.05, 4.69) is 11.8 Å². The summed E-state index contributed by atoms with van der Waals surface area (Å²) in [5.41, 5.74) is 5.12. The van der Waals surface area contributed by atoms with E-state index in [0.717, 1.165) is 18.8 Å². The van der Waals surface area contributed by atoms with Crippen molar-refractivity contribution < 1.29 is 4.79 Å². The number of carbonyl (C=O) groups excluding carboxylic acids is 1. The second-order valence-corrected chi connectivity index (χ2v) is 4.51. The maximum Gasteiger partial charge on any atom is 0.231 e. The molecule has 1 aliphatic rings. The van der Waals surface area contributed by atoms with Crippen molar-refractivity contribution in [3.8, 4) is 0 Å². The zero-order valence-electron chi connectivity index (χ0n) is 7.45. The molecule has 70 valence electrons. The fourth-order valence-electron chi connectivity index (χ4n) is 1.39. The lowest BCUT2D eigenvalue weighted by molar-refractivity contribution is -0.119. The average Bonchev–Trinajstić information content (AvgIpc) is 2.03. The summed E-state index contributed by atoms with van der Waals surface area (Å²) in [4.78, 5) is 12.8. The SMILES string of the molecule is CCC1CN(CC(N)=O)CCS1. The Kier molecular flexibility index (Phi) is 3.88. The number of carbonyl (C=O) groups is 1. The summed E-state index contributed by atoms with van der Waals surface area (Å²) < 4.78 is 0.